The molecule has 0 atom stereocenters. The molecule has 2 aromatic rings. The Morgan fingerprint density at radius 1 is 1.10 bits per heavy atom. The normalized spacial score (nSPS) is 15.0. The van der Waals surface area contributed by atoms with Gasteiger partial charge in [0.2, 0.25) is 5.95 Å². The van der Waals surface area contributed by atoms with Crippen LogP contribution >= 0.6 is 0 Å². The molecule has 1 fully saturated rings. The molecule has 0 aliphatic carbocycles. The number of anilines is 2. The van der Waals surface area contributed by atoms with Gasteiger partial charge in [-0.1, -0.05) is 12.1 Å². The third-order valence-electron chi connectivity index (χ3n) is 3.78. The number of nitrogen functional groups attached to an aromatic ring is 1. The van der Waals surface area contributed by atoms with Crippen molar-refractivity contribution in [2.24, 2.45) is 0 Å². The van der Waals surface area contributed by atoms with Crippen molar-refractivity contribution < 1.29 is 4.74 Å². The molecule has 1 aliphatic heterocycles. The van der Waals surface area contributed by atoms with Gasteiger partial charge >= 0.3 is 0 Å². The second kappa shape index (κ2) is 5.99. The van der Waals surface area contributed by atoms with Crippen LogP contribution in [0.5, 0.6) is 5.75 Å². The highest BCUT2D eigenvalue weighted by molar-refractivity contribution is 5.66. The lowest BCUT2D eigenvalue weighted by Gasteiger charge is -2.28. The standard InChI is InChI=1S/C16H20N4O/c1-21-13-7-5-6-12(10-13)14-11-15(19-16(17)18-14)20-8-3-2-4-9-20/h5-7,10-11H,2-4,8-9H2,1H3,(H2,17,18,19). The van der Waals surface area contributed by atoms with Crippen molar-refractivity contribution in [1.29, 1.82) is 0 Å². The molecular weight excluding hydrogens is 264 g/mol. The number of hydrogen-bond donors (Lipinski definition) is 1. The van der Waals surface area contributed by atoms with E-state index in [0.717, 1.165) is 35.9 Å². The fraction of sp³-hybridized carbons (Fsp3) is 0.375. The van der Waals surface area contributed by atoms with E-state index in [4.69, 9.17) is 10.5 Å². The monoisotopic (exact) mass is 284 g/mol. The predicted molar refractivity (Wildman–Crippen MR) is 84.5 cm³/mol. The van der Waals surface area contributed by atoms with Crippen molar-refractivity contribution in [2.75, 3.05) is 30.8 Å². The fourth-order valence-corrected chi connectivity index (χ4v) is 2.67. The molecule has 1 saturated heterocycles. The Kier molecular flexibility index (Phi) is 3.90. The predicted octanol–water partition coefficient (Wildman–Crippen LogP) is 2.72. The summed E-state index contributed by atoms with van der Waals surface area (Å²) >= 11 is 0. The SMILES string of the molecule is COc1cccc(-c2cc(N3CCCCC3)nc(N)n2)c1. The minimum Gasteiger partial charge on any atom is -0.497 e. The summed E-state index contributed by atoms with van der Waals surface area (Å²) in [5, 5.41) is 0. The van der Waals surface area contributed by atoms with Crippen LogP contribution in [0.15, 0.2) is 30.3 Å². The Morgan fingerprint density at radius 3 is 2.67 bits per heavy atom. The minimum atomic E-state index is 0.316. The zero-order valence-corrected chi connectivity index (χ0v) is 12.2. The molecule has 0 amide bonds. The molecule has 21 heavy (non-hydrogen) atoms. The quantitative estimate of drug-likeness (QED) is 0.939. The average Bonchev–Trinajstić information content (AvgIpc) is 2.55. The summed E-state index contributed by atoms with van der Waals surface area (Å²) in [4.78, 5) is 11.0. The molecule has 110 valence electrons. The second-order valence-electron chi connectivity index (χ2n) is 5.25. The molecule has 0 radical (unpaired) electrons. The highest BCUT2D eigenvalue weighted by Crippen LogP contribution is 2.26. The maximum Gasteiger partial charge on any atom is 0.222 e. The van der Waals surface area contributed by atoms with Crippen molar-refractivity contribution in [1.82, 2.24) is 9.97 Å². The van der Waals surface area contributed by atoms with Gasteiger partial charge in [-0.2, -0.15) is 4.98 Å². The van der Waals surface area contributed by atoms with Gasteiger partial charge in [-0.05, 0) is 31.4 Å². The van der Waals surface area contributed by atoms with E-state index in [2.05, 4.69) is 14.9 Å². The van der Waals surface area contributed by atoms with E-state index in [9.17, 15) is 0 Å². The molecule has 0 unspecified atom stereocenters. The van der Waals surface area contributed by atoms with Crippen LogP contribution in [0, 0.1) is 0 Å². The lowest BCUT2D eigenvalue weighted by atomic mass is 10.1. The number of aromatic nitrogens is 2. The molecule has 0 saturated carbocycles. The Hall–Kier alpha value is -2.30. The van der Waals surface area contributed by atoms with E-state index in [-0.39, 0.29) is 0 Å². The van der Waals surface area contributed by atoms with Gasteiger partial charge < -0.3 is 15.4 Å². The molecule has 0 bridgehead atoms. The van der Waals surface area contributed by atoms with Crippen molar-refractivity contribution in [3.63, 3.8) is 0 Å². The molecular formula is C16H20N4O. The highest BCUT2D eigenvalue weighted by Gasteiger charge is 2.14. The van der Waals surface area contributed by atoms with Gasteiger partial charge in [0, 0.05) is 24.7 Å². The third kappa shape index (κ3) is 3.07. The van der Waals surface area contributed by atoms with Crippen LogP contribution in [-0.2, 0) is 0 Å². The Morgan fingerprint density at radius 2 is 1.90 bits per heavy atom. The maximum absolute atomic E-state index is 5.89. The number of benzene rings is 1. The van der Waals surface area contributed by atoms with Crippen LogP contribution in [0.4, 0.5) is 11.8 Å². The first kappa shape index (κ1) is 13.7. The van der Waals surface area contributed by atoms with Gasteiger partial charge in [-0.3, -0.25) is 0 Å². The number of ether oxygens (including phenoxy) is 1. The van der Waals surface area contributed by atoms with E-state index in [1.807, 2.05) is 30.3 Å². The first-order valence-electron chi connectivity index (χ1n) is 7.30. The van der Waals surface area contributed by atoms with Crippen LogP contribution in [0.25, 0.3) is 11.3 Å². The Balaban J connectivity index is 1.96. The van der Waals surface area contributed by atoms with Gasteiger partial charge in [0.25, 0.3) is 0 Å². The van der Waals surface area contributed by atoms with Crippen molar-refractivity contribution in [2.45, 2.75) is 19.3 Å². The summed E-state index contributed by atoms with van der Waals surface area (Å²) in [6.07, 6.45) is 3.70. The van der Waals surface area contributed by atoms with E-state index >= 15 is 0 Å². The van der Waals surface area contributed by atoms with Crippen LogP contribution in [-0.4, -0.2) is 30.2 Å². The summed E-state index contributed by atoms with van der Waals surface area (Å²) in [5.41, 5.74) is 7.72. The van der Waals surface area contributed by atoms with Crippen LogP contribution < -0.4 is 15.4 Å². The molecule has 2 heterocycles. The Labute approximate surface area is 124 Å². The first-order chi connectivity index (χ1) is 10.3. The number of nitrogens with zero attached hydrogens (tertiary/aromatic N) is 3. The van der Waals surface area contributed by atoms with Gasteiger partial charge in [0.05, 0.1) is 12.8 Å². The number of hydrogen-bond acceptors (Lipinski definition) is 5. The fourth-order valence-electron chi connectivity index (χ4n) is 2.67. The molecule has 1 aromatic heterocycles. The van der Waals surface area contributed by atoms with Crippen LogP contribution in [0.2, 0.25) is 0 Å². The number of rotatable bonds is 3. The summed E-state index contributed by atoms with van der Waals surface area (Å²) in [5.74, 6) is 2.04. The van der Waals surface area contributed by atoms with Crippen LogP contribution in [0.1, 0.15) is 19.3 Å². The van der Waals surface area contributed by atoms with E-state index in [0.29, 0.717) is 5.95 Å². The summed E-state index contributed by atoms with van der Waals surface area (Å²) in [7, 11) is 1.66. The zero-order chi connectivity index (χ0) is 14.7. The lowest BCUT2D eigenvalue weighted by molar-refractivity contribution is 0.415. The molecule has 3 rings (SSSR count). The summed E-state index contributed by atoms with van der Waals surface area (Å²) in [6.45, 7) is 2.07. The average molecular weight is 284 g/mol. The number of nitrogens with two attached hydrogens (primary N) is 1. The molecule has 1 aliphatic rings. The van der Waals surface area contributed by atoms with Gasteiger partial charge in [-0.15, -0.1) is 0 Å². The second-order valence-corrected chi connectivity index (χ2v) is 5.25. The minimum absolute atomic E-state index is 0.316. The number of piperidine rings is 1. The van der Waals surface area contributed by atoms with Crippen molar-refractivity contribution >= 4 is 11.8 Å². The van der Waals surface area contributed by atoms with Crippen LogP contribution in [0.3, 0.4) is 0 Å². The third-order valence-corrected chi connectivity index (χ3v) is 3.78. The first-order valence-corrected chi connectivity index (χ1v) is 7.30. The van der Waals surface area contributed by atoms with Crippen molar-refractivity contribution in [3.05, 3.63) is 30.3 Å². The molecule has 1 aromatic carbocycles. The van der Waals surface area contributed by atoms with E-state index in [1.54, 1.807) is 7.11 Å². The zero-order valence-electron chi connectivity index (χ0n) is 12.2. The molecule has 5 heteroatoms. The molecule has 0 spiro atoms. The van der Waals surface area contributed by atoms with Gasteiger partial charge in [0.15, 0.2) is 0 Å². The summed E-state index contributed by atoms with van der Waals surface area (Å²) < 4.78 is 5.27. The summed E-state index contributed by atoms with van der Waals surface area (Å²) in [6, 6.07) is 9.84. The molecule has 2 N–H and O–H groups in total. The van der Waals surface area contributed by atoms with E-state index in [1.165, 1.54) is 19.3 Å². The van der Waals surface area contributed by atoms with E-state index < -0.39 is 0 Å². The molecule has 5 nitrogen and oxygen atoms in total. The lowest BCUT2D eigenvalue weighted by Crippen LogP contribution is -2.30. The van der Waals surface area contributed by atoms with Gasteiger partial charge in [-0.25, -0.2) is 4.98 Å². The highest BCUT2D eigenvalue weighted by atomic mass is 16.5. The van der Waals surface area contributed by atoms with Crippen molar-refractivity contribution in [3.8, 4) is 17.0 Å². The topological polar surface area (TPSA) is 64.3 Å². The Bertz CT molecular complexity index is 623. The smallest absolute Gasteiger partial charge is 0.222 e. The largest absolute Gasteiger partial charge is 0.497 e. The number of methoxy groups -OCH3 is 1. The maximum atomic E-state index is 5.89. The van der Waals surface area contributed by atoms with Gasteiger partial charge in [0.1, 0.15) is 11.6 Å².